The summed E-state index contributed by atoms with van der Waals surface area (Å²) in [4.78, 5) is 24.5. The van der Waals surface area contributed by atoms with Gasteiger partial charge in [0.15, 0.2) is 0 Å². The van der Waals surface area contributed by atoms with Crippen molar-refractivity contribution in [2.45, 2.75) is 51.0 Å². The molecule has 90 valence electrons. The Bertz CT molecular complexity index is 284. The van der Waals surface area contributed by atoms with Crippen molar-refractivity contribution in [2.24, 2.45) is 5.92 Å². The molecule has 1 aliphatic carbocycles. The van der Waals surface area contributed by atoms with E-state index in [1.807, 2.05) is 0 Å². The molecule has 0 aromatic carbocycles. The third-order valence-corrected chi connectivity index (χ3v) is 3.80. The van der Waals surface area contributed by atoms with Crippen molar-refractivity contribution in [3.05, 3.63) is 0 Å². The first kappa shape index (κ1) is 11.4. The monoisotopic (exact) mass is 225 g/mol. The minimum atomic E-state index is -0.850. The lowest BCUT2D eigenvalue weighted by molar-refractivity contribution is -0.148. The van der Waals surface area contributed by atoms with Gasteiger partial charge < -0.3 is 10.0 Å². The van der Waals surface area contributed by atoms with Crippen LogP contribution in [-0.2, 0) is 9.59 Å². The van der Waals surface area contributed by atoms with Crippen molar-refractivity contribution in [1.82, 2.24) is 4.90 Å². The molecule has 0 bridgehead atoms. The van der Waals surface area contributed by atoms with Crippen LogP contribution in [0.4, 0.5) is 0 Å². The maximum Gasteiger partial charge on any atom is 0.326 e. The second kappa shape index (κ2) is 4.85. The quantitative estimate of drug-likeness (QED) is 0.794. The highest BCUT2D eigenvalue weighted by atomic mass is 16.4. The zero-order chi connectivity index (χ0) is 11.5. The lowest BCUT2D eigenvalue weighted by Gasteiger charge is -2.22. The Morgan fingerprint density at radius 3 is 2.44 bits per heavy atom. The van der Waals surface area contributed by atoms with Crippen molar-refractivity contribution >= 4 is 11.9 Å². The van der Waals surface area contributed by atoms with Gasteiger partial charge in [0.25, 0.3) is 0 Å². The smallest absolute Gasteiger partial charge is 0.326 e. The highest BCUT2D eigenvalue weighted by Crippen LogP contribution is 2.29. The fourth-order valence-corrected chi connectivity index (χ4v) is 2.90. The number of hydrogen-bond acceptors (Lipinski definition) is 2. The molecule has 4 heteroatoms. The summed E-state index contributed by atoms with van der Waals surface area (Å²) in [5.41, 5.74) is 0. The summed E-state index contributed by atoms with van der Waals surface area (Å²) in [6, 6.07) is -0.561. The first-order valence-electron chi connectivity index (χ1n) is 6.21. The molecule has 0 spiro atoms. The summed E-state index contributed by atoms with van der Waals surface area (Å²) in [7, 11) is 0. The fraction of sp³-hybridized carbons (Fsp3) is 0.833. The maximum absolute atomic E-state index is 12.0. The topological polar surface area (TPSA) is 57.6 Å². The van der Waals surface area contributed by atoms with Crippen molar-refractivity contribution in [2.75, 3.05) is 6.54 Å². The normalized spacial score (nSPS) is 26.2. The van der Waals surface area contributed by atoms with Crippen LogP contribution in [0.1, 0.15) is 44.9 Å². The van der Waals surface area contributed by atoms with Gasteiger partial charge in [-0.3, -0.25) is 4.79 Å². The Morgan fingerprint density at radius 2 is 1.81 bits per heavy atom. The van der Waals surface area contributed by atoms with Gasteiger partial charge in [-0.1, -0.05) is 12.8 Å². The summed E-state index contributed by atoms with van der Waals surface area (Å²) in [6.07, 6.45) is 6.72. The van der Waals surface area contributed by atoms with Crippen LogP contribution in [0.3, 0.4) is 0 Å². The summed E-state index contributed by atoms with van der Waals surface area (Å²) in [6.45, 7) is 0.628. The fourth-order valence-electron chi connectivity index (χ4n) is 2.90. The van der Waals surface area contributed by atoms with E-state index in [-0.39, 0.29) is 5.91 Å². The largest absolute Gasteiger partial charge is 0.480 e. The van der Waals surface area contributed by atoms with Crippen molar-refractivity contribution in [3.8, 4) is 0 Å². The molecule has 1 amide bonds. The molecule has 0 aromatic heterocycles. The Balaban J connectivity index is 1.90. The van der Waals surface area contributed by atoms with E-state index in [1.54, 1.807) is 4.90 Å². The van der Waals surface area contributed by atoms with Crippen molar-refractivity contribution in [3.63, 3.8) is 0 Å². The molecule has 0 unspecified atom stereocenters. The molecule has 0 radical (unpaired) electrons. The van der Waals surface area contributed by atoms with Gasteiger partial charge in [0, 0.05) is 13.0 Å². The summed E-state index contributed by atoms with van der Waals surface area (Å²) >= 11 is 0. The minimum Gasteiger partial charge on any atom is -0.480 e. The van der Waals surface area contributed by atoms with Gasteiger partial charge in [0.2, 0.25) is 5.91 Å². The third-order valence-electron chi connectivity index (χ3n) is 3.80. The number of aliphatic carboxylic acids is 1. The molecule has 4 nitrogen and oxygen atoms in total. The number of likely N-dealkylation sites (tertiary alicyclic amines) is 1. The standard InChI is InChI=1S/C12H19NO3/c14-11(8-9-4-1-2-5-9)13-7-3-6-10(13)12(15)16/h9-10H,1-8H2,(H,15,16)/t10-/m1/s1. The van der Waals surface area contributed by atoms with Crippen LogP contribution in [0, 0.1) is 5.92 Å². The van der Waals surface area contributed by atoms with Crippen LogP contribution >= 0.6 is 0 Å². The molecule has 2 rings (SSSR count). The highest BCUT2D eigenvalue weighted by molar-refractivity contribution is 5.84. The van der Waals surface area contributed by atoms with E-state index in [4.69, 9.17) is 5.11 Å². The van der Waals surface area contributed by atoms with Gasteiger partial charge in [-0.15, -0.1) is 0 Å². The predicted octanol–water partition coefficient (Wildman–Crippen LogP) is 1.64. The first-order chi connectivity index (χ1) is 7.68. The number of carboxylic acids is 1. The Kier molecular flexibility index (Phi) is 3.46. The molecular weight excluding hydrogens is 206 g/mol. The molecule has 1 saturated heterocycles. The molecule has 2 aliphatic rings. The van der Waals surface area contributed by atoms with Gasteiger partial charge in [0.05, 0.1) is 0 Å². The van der Waals surface area contributed by atoms with Crippen LogP contribution in [-0.4, -0.2) is 34.5 Å². The molecule has 1 saturated carbocycles. The van der Waals surface area contributed by atoms with Crippen LogP contribution < -0.4 is 0 Å². The van der Waals surface area contributed by atoms with Crippen LogP contribution in [0.5, 0.6) is 0 Å². The van der Waals surface area contributed by atoms with E-state index in [2.05, 4.69) is 0 Å². The third kappa shape index (κ3) is 2.36. The van der Waals surface area contributed by atoms with Gasteiger partial charge in [-0.05, 0) is 31.6 Å². The Morgan fingerprint density at radius 1 is 1.12 bits per heavy atom. The predicted molar refractivity (Wildman–Crippen MR) is 58.9 cm³/mol. The van der Waals surface area contributed by atoms with Gasteiger partial charge in [-0.2, -0.15) is 0 Å². The van der Waals surface area contributed by atoms with Gasteiger partial charge in [0.1, 0.15) is 6.04 Å². The lowest BCUT2D eigenvalue weighted by atomic mass is 10.0. The lowest BCUT2D eigenvalue weighted by Crippen LogP contribution is -2.40. The zero-order valence-corrected chi connectivity index (χ0v) is 9.52. The molecular formula is C12H19NO3. The Labute approximate surface area is 95.6 Å². The summed E-state index contributed by atoms with van der Waals surface area (Å²) in [5.74, 6) is -0.295. The van der Waals surface area contributed by atoms with Gasteiger partial charge >= 0.3 is 5.97 Å². The van der Waals surface area contributed by atoms with Crippen LogP contribution in [0.2, 0.25) is 0 Å². The summed E-state index contributed by atoms with van der Waals surface area (Å²) < 4.78 is 0. The molecule has 16 heavy (non-hydrogen) atoms. The van der Waals surface area contributed by atoms with Crippen molar-refractivity contribution < 1.29 is 14.7 Å². The number of carbonyl (C=O) groups excluding carboxylic acids is 1. The molecule has 1 heterocycles. The molecule has 0 aromatic rings. The van der Waals surface area contributed by atoms with Crippen molar-refractivity contribution in [1.29, 1.82) is 0 Å². The average Bonchev–Trinajstić information content (AvgIpc) is 2.86. The van der Waals surface area contributed by atoms with E-state index in [1.165, 1.54) is 12.8 Å². The molecule has 1 N–H and O–H groups in total. The molecule has 1 aliphatic heterocycles. The molecule has 2 fully saturated rings. The SMILES string of the molecule is O=C(O)[C@H]1CCCN1C(=O)CC1CCCC1. The second-order valence-electron chi connectivity index (χ2n) is 4.94. The summed E-state index contributed by atoms with van der Waals surface area (Å²) in [5, 5.41) is 9.00. The van der Waals surface area contributed by atoms with E-state index >= 15 is 0 Å². The van der Waals surface area contributed by atoms with Crippen LogP contribution in [0.25, 0.3) is 0 Å². The van der Waals surface area contributed by atoms with E-state index in [0.717, 1.165) is 19.3 Å². The maximum atomic E-state index is 12.0. The van der Waals surface area contributed by atoms with Gasteiger partial charge in [-0.25, -0.2) is 4.79 Å². The number of carboxylic acid groups (broad SMARTS) is 1. The Hall–Kier alpha value is -1.06. The number of nitrogens with zero attached hydrogens (tertiary/aromatic N) is 1. The highest BCUT2D eigenvalue weighted by Gasteiger charge is 2.34. The average molecular weight is 225 g/mol. The molecule has 1 atom stereocenters. The second-order valence-corrected chi connectivity index (χ2v) is 4.94. The van der Waals surface area contributed by atoms with E-state index in [9.17, 15) is 9.59 Å². The van der Waals surface area contributed by atoms with E-state index < -0.39 is 12.0 Å². The number of carbonyl (C=O) groups is 2. The first-order valence-corrected chi connectivity index (χ1v) is 6.21. The number of rotatable bonds is 3. The zero-order valence-electron chi connectivity index (χ0n) is 9.52. The van der Waals surface area contributed by atoms with Crippen LogP contribution in [0.15, 0.2) is 0 Å². The minimum absolute atomic E-state index is 0.0526. The number of amides is 1. The number of hydrogen-bond donors (Lipinski definition) is 1. The van der Waals surface area contributed by atoms with E-state index in [0.29, 0.717) is 25.3 Å².